The van der Waals surface area contributed by atoms with Crippen LogP contribution in [0.1, 0.15) is 12.8 Å². The van der Waals surface area contributed by atoms with Crippen molar-refractivity contribution in [3.05, 3.63) is 0 Å². The summed E-state index contributed by atoms with van der Waals surface area (Å²) in [7, 11) is 0. The van der Waals surface area contributed by atoms with Crippen molar-refractivity contribution in [2.75, 3.05) is 19.7 Å². The Morgan fingerprint density at radius 1 is 1.75 bits per heavy atom. The zero-order valence-corrected chi connectivity index (χ0v) is 6.90. The van der Waals surface area contributed by atoms with E-state index in [4.69, 9.17) is 15.7 Å². The largest absolute Gasteiger partial charge is 0.481 e. The van der Waals surface area contributed by atoms with Crippen LogP contribution in [0.25, 0.3) is 0 Å². The van der Waals surface area contributed by atoms with E-state index in [9.17, 15) is 4.79 Å². The first-order chi connectivity index (χ1) is 5.68. The molecule has 0 aromatic carbocycles. The third-order valence-corrected chi connectivity index (χ3v) is 1.85. The molecule has 1 fully saturated rings. The first-order valence-corrected chi connectivity index (χ1v) is 4.01. The molecule has 3 N–H and O–H groups in total. The van der Waals surface area contributed by atoms with Gasteiger partial charge >= 0.3 is 5.97 Å². The Hall–Kier alpha value is -0.650. The Labute approximate surface area is 71.1 Å². The van der Waals surface area contributed by atoms with Crippen LogP contribution in [0.3, 0.4) is 0 Å². The first kappa shape index (κ1) is 9.44. The lowest BCUT2D eigenvalue weighted by Crippen LogP contribution is -2.46. The summed E-state index contributed by atoms with van der Waals surface area (Å²) in [6, 6.07) is 0. The van der Waals surface area contributed by atoms with Gasteiger partial charge in [0.1, 0.15) is 0 Å². The molecule has 1 atom stereocenters. The molecule has 0 unspecified atom stereocenters. The van der Waals surface area contributed by atoms with Gasteiger partial charge in [-0.15, -0.1) is 0 Å². The van der Waals surface area contributed by atoms with E-state index in [0.29, 0.717) is 19.6 Å². The average molecular weight is 174 g/mol. The molecule has 0 aromatic rings. The number of nitrogens with two attached hydrogens (primary N) is 1. The van der Waals surface area contributed by atoms with Gasteiger partial charge in [-0.1, -0.05) is 0 Å². The van der Waals surface area contributed by atoms with Crippen LogP contribution in [0.4, 0.5) is 0 Å². The zero-order valence-electron chi connectivity index (χ0n) is 6.90. The number of carbonyl (C=O) groups is 1. The maximum atomic E-state index is 10.2. The second-order valence-electron chi connectivity index (χ2n) is 2.92. The molecule has 0 bridgehead atoms. The van der Waals surface area contributed by atoms with Crippen LogP contribution < -0.4 is 5.84 Å². The van der Waals surface area contributed by atoms with Gasteiger partial charge < -0.3 is 9.84 Å². The van der Waals surface area contributed by atoms with Gasteiger partial charge in [-0.05, 0) is 6.42 Å². The van der Waals surface area contributed by atoms with E-state index in [1.165, 1.54) is 0 Å². The van der Waals surface area contributed by atoms with Gasteiger partial charge in [-0.25, -0.2) is 5.01 Å². The molecule has 0 radical (unpaired) electrons. The molecule has 0 aromatic heterocycles. The van der Waals surface area contributed by atoms with Crippen LogP contribution in [0.2, 0.25) is 0 Å². The summed E-state index contributed by atoms with van der Waals surface area (Å²) >= 11 is 0. The van der Waals surface area contributed by atoms with E-state index in [1.807, 2.05) is 0 Å². The van der Waals surface area contributed by atoms with Crippen LogP contribution in [0, 0.1) is 0 Å². The molecule has 1 aliphatic rings. The van der Waals surface area contributed by atoms with Crippen LogP contribution in [0.15, 0.2) is 0 Å². The highest BCUT2D eigenvalue weighted by Crippen LogP contribution is 2.07. The average Bonchev–Trinajstić information content (AvgIpc) is 2.01. The first-order valence-electron chi connectivity index (χ1n) is 4.01. The van der Waals surface area contributed by atoms with Gasteiger partial charge in [0.25, 0.3) is 0 Å². The lowest BCUT2D eigenvalue weighted by atomic mass is 10.2. The summed E-state index contributed by atoms with van der Waals surface area (Å²) in [4.78, 5) is 10.2. The third kappa shape index (κ3) is 3.17. The maximum Gasteiger partial charge on any atom is 0.303 e. The highest BCUT2D eigenvalue weighted by Gasteiger charge is 2.18. The highest BCUT2D eigenvalue weighted by atomic mass is 16.5. The van der Waals surface area contributed by atoms with Gasteiger partial charge in [0.05, 0.1) is 12.7 Å². The molecule has 1 aliphatic heterocycles. The van der Waals surface area contributed by atoms with Crippen molar-refractivity contribution >= 4 is 5.97 Å². The Morgan fingerprint density at radius 3 is 3.08 bits per heavy atom. The fourth-order valence-electron chi connectivity index (χ4n) is 1.20. The molecule has 0 saturated carbocycles. The Morgan fingerprint density at radius 2 is 2.50 bits per heavy atom. The molecule has 70 valence electrons. The summed E-state index contributed by atoms with van der Waals surface area (Å²) in [5.74, 6) is 4.75. The van der Waals surface area contributed by atoms with Crippen LogP contribution >= 0.6 is 0 Å². The van der Waals surface area contributed by atoms with Gasteiger partial charge in [0.15, 0.2) is 0 Å². The predicted molar refractivity (Wildman–Crippen MR) is 42.4 cm³/mol. The van der Waals surface area contributed by atoms with E-state index >= 15 is 0 Å². The van der Waals surface area contributed by atoms with Crippen LogP contribution in [-0.4, -0.2) is 41.9 Å². The zero-order chi connectivity index (χ0) is 8.97. The summed E-state index contributed by atoms with van der Waals surface area (Å²) in [6.07, 6.45) is 0.682. The van der Waals surface area contributed by atoms with Crippen molar-refractivity contribution < 1.29 is 14.6 Å². The number of hydrogen-bond acceptors (Lipinski definition) is 4. The van der Waals surface area contributed by atoms with Crippen molar-refractivity contribution in [1.29, 1.82) is 0 Å². The lowest BCUT2D eigenvalue weighted by Gasteiger charge is -2.29. The monoisotopic (exact) mass is 174 g/mol. The quantitative estimate of drug-likeness (QED) is 0.560. The maximum absolute atomic E-state index is 10.2. The van der Waals surface area contributed by atoms with E-state index in [-0.39, 0.29) is 12.5 Å². The molecule has 0 amide bonds. The Balaban J connectivity index is 2.18. The van der Waals surface area contributed by atoms with Crippen molar-refractivity contribution in [3.63, 3.8) is 0 Å². The van der Waals surface area contributed by atoms with Crippen molar-refractivity contribution in [2.45, 2.75) is 18.9 Å². The molecule has 1 heterocycles. The molecule has 0 spiro atoms. The normalized spacial score (nSPS) is 25.6. The minimum absolute atomic E-state index is 0.0140. The van der Waals surface area contributed by atoms with Crippen LogP contribution in [-0.2, 0) is 9.53 Å². The Kier molecular flexibility index (Phi) is 3.46. The molecule has 0 aliphatic carbocycles. The standard InChI is InChI=1S/C7H14N2O3/c8-9-3-4-12-6(5-9)1-2-7(10)11/h6H,1-5,8H2,(H,10,11)/t6-/m1/s1. The number of rotatable bonds is 3. The smallest absolute Gasteiger partial charge is 0.303 e. The number of hydrogen-bond donors (Lipinski definition) is 2. The summed E-state index contributed by atoms with van der Waals surface area (Å²) < 4.78 is 5.31. The molecule has 5 heteroatoms. The predicted octanol–water partition coefficient (Wildman–Crippen LogP) is -0.574. The van der Waals surface area contributed by atoms with Crippen molar-refractivity contribution in [2.24, 2.45) is 5.84 Å². The summed E-state index contributed by atoms with van der Waals surface area (Å²) in [5, 5.41) is 10.1. The lowest BCUT2D eigenvalue weighted by molar-refractivity contribution is -0.138. The van der Waals surface area contributed by atoms with Gasteiger partial charge in [-0.3, -0.25) is 10.6 Å². The molecule has 1 rings (SSSR count). The topological polar surface area (TPSA) is 75.8 Å². The fourth-order valence-corrected chi connectivity index (χ4v) is 1.20. The second kappa shape index (κ2) is 4.39. The summed E-state index contributed by atoms with van der Waals surface area (Å²) in [6.45, 7) is 1.96. The number of morpholine rings is 1. The number of ether oxygens (including phenoxy) is 1. The number of aliphatic carboxylic acids is 1. The molecular formula is C7H14N2O3. The fraction of sp³-hybridized carbons (Fsp3) is 0.857. The Bertz CT molecular complexity index is 163. The van der Waals surface area contributed by atoms with Crippen molar-refractivity contribution in [1.82, 2.24) is 5.01 Å². The number of carboxylic acids is 1. The minimum atomic E-state index is -0.784. The highest BCUT2D eigenvalue weighted by molar-refractivity contribution is 5.66. The van der Waals surface area contributed by atoms with E-state index < -0.39 is 5.97 Å². The van der Waals surface area contributed by atoms with Gasteiger partial charge in [-0.2, -0.15) is 0 Å². The van der Waals surface area contributed by atoms with Crippen LogP contribution in [0.5, 0.6) is 0 Å². The van der Waals surface area contributed by atoms with Crippen molar-refractivity contribution in [3.8, 4) is 0 Å². The molecule has 1 saturated heterocycles. The molecular weight excluding hydrogens is 160 g/mol. The molecule has 12 heavy (non-hydrogen) atoms. The second-order valence-corrected chi connectivity index (χ2v) is 2.92. The minimum Gasteiger partial charge on any atom is -0.481 e. The van der Waals surface area contributed by atoms with Gasteiger partial charge in [0.2, 0.25) is 0 Å². The van der Waals surface area contributed by atoms with E-state index in [2.05, 4.69) is 0 Å². The van der Waals surface area contributed by atoms with E-state index in [1.54, 1.807) is 5.01 Å². The SMILES string of the molecule is NN1CCO[C@H](CCC(=O)O)C1. The number of nitrogens with zero attached hydrogens (tertiary/aromatic N) is 1. The molecule has 5 nitrogen and oxygen atoms in total. The summed E-state index contributed by atoms with van der Waals surface area (Å²) in [5.41, 5.74) is 0. The van der Waals surface area contributed by atoms with E-state index in [0.717, 1.165) is 6.54 Å². The van der Waals surface area contributed by atoms with Gasteiger partial charge in [0, 0.05) is 19.5 Å². The number of hydrazine groups is 1. The number of carboxylic acid groups (broad SMARTS) is 1. The third-order valence-electron chi connectivity index (χ3n) is 1.85.